The van der Waals surface area contributed by atoms with Crippen molar-refractivity contribution in [2.24, 2.45) is 7.05 Å². The molecule has 0 spiro atoms. The molecule has 1 aliphatic heterocycles. The van der Waals surface area contributed by atoms with Gasteiger partial charge in [0.1, 0.15) is 11.6 Å². The smallest absolute Gasteiger partial charge is 0.227 e. The van der Waals surface area contributed by atoms with Crippen molar-refractivity contribution in [1.29, 1.82) is 0 Å². The molecule has 146 valence electrons. The van der Waals surface area contributed by atoms with Crippen LogP contribution >= 0.6 is 0 Å². The van der Waals surface area contributed by atoms with Gasteiger partial charge in [-0.25, -0.2) is 0 Å². The molecule has 6 nitrogen and oxygen atoms in total. The summed E-state index contributed by atoms with van der Waals surface area (Å²) in [6.07, 6.45) is 2.40. The average molecular weight is 370 g/mol. The lowest BCUT2D eigenvalue weighted by molar-refractivity contribution is -0.131. The molecule has 0 saturated carbocycles. The Morgan fingerprint density at radius 1 is 1.19 bits per heavy atom. The van der Waals surface area contributed by atoms with Crippen LogP contribution in [0.25, 0.3) is 0 Å². The van der Waals surface area contributed by atoms with E-state index in [9.17, 15) is 4.79 Å². The van der Waals surface area contributed by atoms with Crippen molar-refractivity contribution >= 4 is 5.91 Å². The summed E-state index contributed by atoms with van der Waals surface area (Å²) in [5.74, 6) is 2.65. The van der Waals surface area contributed by atoms with E-state index in [0.29, 0.717) is 12.3 Å². The molecule has 0 atom stereocenters. The standard InChI is InChI=1S/C21H31N5O/c1-15-6-7-16(2)18(12-15)13-20(27)26-10-8-17(9-11-26)21-23-22-19(25(21)5)14-24(3)4/h6-7,12,17H,8-11,13-14H2,1-5H3. The molecule has 6 heteroatoms. The highest BCUT2D eigenvalue weighted by Crippen LogP contribution is 2.27. The van der Waals surface area contributed by atoms with Crippen molar-refractivity contribution in [3.8, 4) is 0 Å². The topological polar surface area (TPSA) is 54.3 Å². The molecule has 2 aromatic rings. The zero-order valence-corrected chi connectivity index (χ0v) is 17.2. The van der Waals surface area contributed by atoms with E-state index < -0.39 is 0 Å². The molecule has 1 saturated heterocycles. The first kappa shape index (κ1) is 19.5. The maximum atomic E-state index is 12.8. The maximum absolute atomic E-state index is 12.8. The Bertz CT molecular complexity index is 803. The van der Waals surface area contributed by atoms with Gasteiger partial charge in [0.05, 0.1) is 13.0 Å². The SMILES string of the molecule is Cc1ccc(C)c(CC(=O)N2CCC(c3nnc(CN(C)C)n3C)CC2)c1. The minimum absolute atomic E-state index is 0.230. The number of hydrogen-bond donors (Lipinski definition) is 0. The summed E-state index contributed by atoms with van der Waals surface area (Å²) in [4.78, 5) is 16.9. The van der Waals surface area contributed by atoms with E-state index in [1.807, 2.05) is 26.0 Å². The minimum atomic E-state index is 0.230. The zero-order chi connectivity index (χ0) is 19.6. The van der Waals surface area contributed by atoms with Crippen LogP contribution in [-0.4, -0.2) is 57.7 Å². The van der Waals surface area contributed by atoms with Crippen LogP contribution in [0.4, 0.5) is 0 Å². The number of likely N-dealkylation sites (tertiary alicyclic amines) is 1. The normalized spacial score (nSPS) is 15.6. The summed E-state index contributed by atoms with van der Waals surface area (Å²) >= 11 is 0. The Labute approximate surface area is 162 Å². The number of hydrogen-bond acceptors (Lipinski definition) is 4. The lowest BCUT2D eigenvalue weighted by Gasteiger charge is -2.31. The van der Waals surface area contributed by atoms with Crippen molar-refractivity contribution in [2.45, 2.75) is 45.6 Å². The van der Waals surface area contributed by atoms with Crippen LogP contribution < -0.4 is 0 Å². The Morgan fingerprint density at radius 2 is 1.89 bits per heavy atom. The molecule has 1 fully saturated rings. The number of piperidine rings is 1. The van der Waals surface area contributed by atoms with Crippen LogP contribution in [0.3, 0.4) is 0 Å². The number of amides is 1. The average Bonchev–Trinajstić information content (AvgIpc) is 2.98. The predicted molar refractivity (Wildman–Crippen MR) is 107 cm³/mol. The summed E-state index contributed by atoms with van der Waals surface area (Å²) in [6.45, 7) is 6.53. The van der Waals surface area contributed by atoms with Gasteiger partial charge in [0.25, 0.3) is 0 Å². The molecule has 3 rings (SSSR count). The highest BCUT2D eigenvalue weighted by molar-refractivity contribution is 5.79. The van der Waals surface area contributed by atoms with E-state index in [1.54, 1.807) is 0 Å². The van der Waals surface area contributed by atoms with E-state index in [-0.39, 0.29) is 5.91 Å². The second-order valence-corrected chi connectivity index (χ2v) is 8.03. The van der Waals surface area contributed by atoms with Gasteiger partial charge in [-0.1, -0.05) is 23.8 Å². The van der Waals surface area contributed by atoms with Gasteiger partial charge in [-0.2, -0.15) is 0 Å². The van der Waals surface area contributed by atoms with Crippen LogP contribution in [0.1, 0.15) is 47.1 Å². The Balaban J connectivity index is 1.59. The molecule has 0 aliphatic carbocycles. The molecule has 2 heterocycles. The predicted octanol–water partition coefficient (Wildman–Crippen LogP) is 2.44. The Kier molecular flexibility index (Phi) is 5.95. The van der Waals surface area contributed by atoms with E-state index in [4.69, 9.17) is 0 Å². The van der Waals surface area contributed by atoms with Crippen LogP contribution in [0.15, 0.2) is 18.2 Å². The summed E-state index contributed by atoms with van der Waals surface area (Å²) in [7, 11) is 6.12. The van der Waals surface area contributed by atoms with E-state index in [1.165, 1.54) is 11.1 Å². The molecule has 1 aromatic heterocycles. The van der Waals surface area contributed by atoms with Crippen LogP contribution in [-0.2, 0) is 24.8 Å². The van der Waals surface area contributed by atoms with E-state index >= 15 is 0 Å². The summed E-state index contributed by atoms with van der Waals surface area (Å²) < 4.78 is 2.12. The summed E-state index contributed by atoms with van der Waals surface area (Å²) in [5.41, 5.74) is 3.54. The lowest BCUT2D eigenvalue weighted by atomic mass is 9.95. The fourth-order valence-corrected chi connectivity index (χ4v) is 3.80. The molecule has 0 bridgehead atoms. The van der Waals surface area contributed by atoms with Gasteiger partial charge in [0.2, 0.25) is 5.91 Å². The first-order valence-corrected chi connectivity index (χ1v) is 9.72. The second-order valence-electron chi connectivity index (χ2n) is 8.03. The van der Waals surface area contributed by atoms with Gasteiger partial charge in [-0.15, -0.1) is 10.2 Å². The first-order chi connectivity index (χ1) is 12.8. The summed E-state index contributed by atoms with van der Waals surface area (Å²) in [6, 6.07) is 6.33. The number of carbonyl (C=O) groups is 1. The van der Waals surface area contributed by atoms with Crippen LogP contribution in [0.5, 0.6) is 0 Å². The van der Waals surface area contributed by atoms with Gasteiger partial charge in [0.15, 0.2) is 0 Å². The Morgan fingerprint density at radius 3 is 2.56 bits per heavy atom. The third kappa shape index (κ3) is 4.56. The van der Waals surface area contributed by atoms with Gasteiger partial charge in [0, 0.05) is 26.1 Å². The maximum Gasteiger partial charge on any atom is 0.227 e. The highest BCUT2D eigenvalue weighted by Gasteiger charge is 2.27. The fourth-order valence-electron chi connectivity index (χ4n) is 3.80. The molecule has 27 heavy (non-hydrogen) atoms. The van der Waals surface area contributed by atoms with Crippen molar-refractivity contribution in [2.75, 3.05) is 27.2 Å². The number of carbonyl (C=O) groups excluding carboxylic acids is 1. The van der Waals surface area contributed by atoms with Gasteiger partial charge in [-0.05, 0) is 51.9 Å². The number of aromatic nitrogens is 3. The molecular formula is C21H31N5O. The van der Waals surface area contributed by atoms with Crippen LogP contribution in [0.2, 0.25) is 0 Å². The van der Waals surface area contributed by atoms with Crippen LogP contribution in [0, 0.1) is 13.8 Å². The number of nitrogens with zero attached hydrogens (tertiary/aromatic N) is 5. The second kappa shape index (κ2) is 8.21. The molecule has 1 aromatic carbocycles. The van der Waals surface area contributed by atoms with E-state index in [0.717, 1.165) is 49.7 Å². The third-order valence-electron chi connectivity index (χ3n) is 5.52. The molecule has 0 unspecified atom stereocenters. The van der Waals surface area contributed by atoms with Gasteiger partial charge in [-0.3, -0.25) is 4.79 Å². The van der Waals surface area contributed by atoms with Gasteiger partial charge < -0.3 is 14.4 Å². The van der Waals surface area contributed by atoms with Crippen molar-refractivity contribution < 1.29 is 4.79 Å². The number of aryl methyl sites for hydroxylation is 2. The fraction of sp³-hybridized carbons (Fsp3) is 0.571. The molecule has 1 amide bonds. The quantitative estimate of drug-likeness (QED) is 0.812. The third-order valence-corrected chi connectivity index (χ3v) is 5.52. The first-order valence-electron chi connectivity index (χ1n) is 9.72. The Hall–Kier alpha value is -2.21. The molecular weight excluding hydrogens is 338 g/mol. The van der Waals surface area contributed by atoms with Crippen molar-refractivity contribution in [3.05, 3.63) is 46.5 Å². The summed E-state index contributed by atoms with van der Waals surface area (Å²) in [5, 5.41) is 8.78. The largest absolute Gasteiger partial charge is 0.342 e. The van der Waals surface area contributed by atoms with E-state index in [2.05, 4.69) is 51.7 Å². The van der Waals surface area contributed by atoms with Gasteiger partial charge >= 0.3 is 0 Å². The zero-order valence-electron chi connectivity index (χ0n) is 17.2. The lowest BCUT2D eigenvalue weighted by Crippen LogP contribution is -2.39. The number of benzene rings is 1. The highest BCUT2D eigenvalue weighted by atomic mass is 16.2. The number of rotatable bonds is 5. The van der Waals surface area contributed by atoms with Crippen molar-refractivity contribution in [3.63, 3.8) is 0 Å². The minimum Gasteiger partial charge on any atom is -0.342 e. The monoisotopic (exact) mass is 369 g/mol. The molecule has 0 N–H and O–H groups in total. The molecule has 0 radical (unpaired) electrons. The molecule has 1 aliphatic rings. The van der Waals surface area contributed by atoms with Crippen molar-refractivity contribution in [1.82, 2.24) is 24.6 Å².